The summed E-state index contributed by atoms with van der Waals surface area (Å²) in [5.74, 6) is 0.342. The number of carboxylic acids is 1. The van der Waals surface area contributed by atoms with E-state index < -0.39 is 11.8 Å². The minimum atomic E-state index is -0.859. The Labute approximate surface area is 174 Å². The number of aryl methyl sites for hydroxylation is 1. The van der Waals surface area contributed by atoms with Crippen molar-refractivity contribution >= 4 is 17.5 Å². The zero-order chi connectivity index (χ0) is 21.4. The fraction of sp³-hybridized carbons (Fsp3) is 0.261. The first-order valence-electron chi connectivity index (χ1n) is 9.68. The predicted octanol–water partition coefficient (Wildman–Crippen LogP) is 4.48. The maximum Gasteiger partial charge on any atom is 0.307 e. The molecule has 0 saturated carbocycles. The lowest BCUT2D eigenvalue weighted by Crippen LogP contribution is -2.16. The second-order valence-corrected chi connectivity index (χ2v) is 7.47. The van der Waals surface area contributed by atoms with Gasteiger partial charge in [-0.2, -0.15) is 0 Å². The minimum absolute atomic E-state index is 0.0122. The second kappa shape index (κ2) is 7.74. The first-order chi connectivity index (χ1) is 14.4. The van der Waals surface area contributed by atoms with E-state index in [2.05, 4.69) is 16.8 Å². The molecule has 1 aliphatic heterocycles. The fourth-order valence-corrected chi connectivity index (χ4v) is 3.93. The summed E-state index contributed by atoms with van der Waals surface area (Å²) >= 11 is 0. The number of fused-ring (bicyclic) bond motifs is 1. The standard InChI is InChI=1S/C23H22FN3O3/c1-13-12-27(17-7-4-15(5-8-17)10-20(28)29)23-21(13)14(2)25-22(26-23)16-6-9-19(30-3)18(24)11-16/h4-9,11,13H,10,12H2,1-3H3,(H,28,29). The highest BCUT2D eigenvalue weighted by atomic mass is 19.1. The van der Waals surface area contributed by atoms with Gasteiger partial charge in [-0.05, 0) is 42.8 Å². The molecule has 0 fully saturated rings. The summed E-state index contributed by atoms with van der Waals surface area (Å²) in [5.41, 5.74) is 4.19. The van der Waals surface area contributed by atoms with E-state index in [9.17, 15) is 9.18 Å². The molecule has 30 heavy (non-hydrogen) atoms. The molecular formula is C23H22FN3O3. The van der Waals surface area contributed by atoms with Crippen LogP contribution in [0.2, 0.25) is 0 Å². The third-order valence-electron chi connectivity index (χ3n) is 5.33. The SMILES string of the molecule is COc1ccc(-c2nc(C)c3c(n2)N(c2ccc(CC(=O)O)cc2)CC3C)cc1F. The van der Waals surface area contributed by atoms with E-state index in [1.54, 1.807) is 12.1 Å². The van der Waals surface area contributed by atoms with Gasteiger partial charge in [-0.3, -0.25) is 4.79 Å². The van der Waals surface area contributed by atoms with Crippen molar-refractivity contribution in [1.82, 2.24) is 9.97 Å². The number of halogens is 1. The second-order valence-electron chi connectivity index (χ2n) is 7.47. The molecule has 2 aromatic carbocycles. The van der Waals surface area contributed by atoms with Crippen LogP contribution in [-0.4, -0.2) is 34.7 Å². The number of hydrogen-bond acceptors (Lipinski definition) is 5. The van der Waals surface area contributed by atoms with Crippen molar-refractivity contribution in [2.75, 3.05) is 18.6 Å². The van der Waals surface area contributed by atoms with Crippen LogP contribution in [0.4, 0.5) is 15.9 Å². The van der Waals surface area contributed by atoms with Crippen molar-refractivity contribution in [2.24, 2.45) is 0 Å². The third kappa shape index (κ3) is 3.58. The average Bonchev–Trinajstić information content (AvgIpc) is 3.05. The Morgan fingerprint density at radius 3 is 2.60 bits per heavy atom. The molecule has 0 bridgehead atoms. The van der Waals surface area contributed by atoms with Crippen LogP contribution in [0.1, 0.15) is 29.7 Å². The molecule has 2 heterocycles. The van der Waals surface area contributed by atoms with E-state index >= 15 is 0 Å². The average molecular weight is 407 g/mol. The van der Waals surface area contributed by atoms with Crippen LogP contribution in [0, 0.1) is 12.7 Å². The number of benzene rings is 2. The first-order valence-corrected chi connectivity index (χ1v) is 9.68. The van der Waals surface area contributed by atoms with Crippen molar-refractivity contribution < 1.29 is 19.0 Å². The van der Waals surface area contributed by atoms with Gasteiger partial charge < -0.3 is 14.7 Å². The molecule has 0 amide bonds. The number of aromatic nitrogens is 2. The summed E-state index contributed by atoms with van der Waals surface area (Å²) in [6, 6.07) is 12.1. The summed E-state index contributed by atoms with van der Waals surface area (Å²) in [5, 5.41) is 8.97. The molecule has 0 saturated heterocycles. The monoisotopic (exact) mass is 407 g/mol. The van der Waals surface area contributed by atoms with Gasteiger partial charge in [0, 0.05) is 35.0 Å². The summed E-state index contributed by atoms with van der Waals surface area (Å²) in [7, 11) is 1.43. The number of methoxy groups -OCH3 is 1. The molecule has 1 aliphatic rings. The summed E-state index contributed by atoms with van der Waals surface area (Å²) in [6.07, 6.45) is -0.0122. The van der Waals surface area contributed by atoms with Gasteiger partial charge in [0.25, 0.3) is 0 Å². The predicted molar refractivity (Wildman–Crippen MR) is 112 cm³/mol. The Balaban J connectivity index is 1.74. The maximum absolute atomic E-state index is 14.2. The van der Waals surface area contributed by atoms with Crippen LogP contribution < -0.4 is 9.64 Å². The Bertz CT molecular complexity index is 1120. The van der Waals surface area contributed by atoms with Crippen molar-refractivity contribution in [1.29, 1.82) is 0 Å². The number of aliphatic carboxylic acids is 1. The third-order valence-corrected chi connectivity index (χ3v) is 5.33. The molecule has 0 aliphatic carbocycles. The molecular weight excluding hydrogens is 385 g/mol. The molecule has 1 atom stereocenters. The molecule has 6 nitrogen and oxygen atoms in total. The van der Waals surface area contributed by atoms with Crippen molar-refractivity contribution in [2.45, 2.75) is 26.2 Å². The Morgan fingerprint density at radius 1 is 1.23 bits per heavy atom. The Morgan fingerprint density at radius 2 is 1.97 bits per heavy atom. The smallest absolute Gasteiger partial charge is 0.307 e. The number of hydrogen-bond donors (Lipinski definition) is 1. The van der Waals surface area contributed by atoms with Gasteiger partial charge in [-0.15, -0.1) is 0 Å². The van der Waals surface area contributed by atoms with Gasteiger partial charge in [0.1, 0.15) is 5.82 Å². The topological polar surface area (TPSA) is 75.6 Å². The number of carbonyl (C=O) groups is 1. The molecule has 154 valence electrons. The van der Waals surface area contributed by atoms with Gasteiger partial charge in [0.2, 0.25) is 0 Å². The van der Waals surface area contributed by atoms with E-state index in [4.69, 9.17) is 14.8 Å². The number of nitrogens with zero attached hydrogens (tertiary/aromatic N) is 3. The van der Waals surface area contributed by atoms with Gasteiger partial charge >= 0.3 is 5.97 Å². The van der Waals surface area contributed by atoms with E-state index in [1.165, 1.54) is 13.2 Å². The highest BCUT2D eigenvalue weighted by molar-refractivity contribution is 5.73. The van der Waals surface area contributed by atoms with E-state index in [0.29, 0.717) is 11.4 Å². The van der Waals surface area contributed by atoms with E-state index in [0.717, 1.165) is 34.9 Å². The van der Waals surface area contributed by atoms with Crippen LogP contribution in [0.25, 0.3) is 11.4 Å². The molecule has 3 aromatic rings. The zero-order valence-electron chi connectivity index (χ0n) is 17.0. The number of anilines is 2. The highest BCUT2D eigenvalue weighted by Gasteiger charge is 2.31. The highest BCUT2D eigenvalue weighted by Crippen LogP contribution is 2.41. The summed E-state index contributed by atoms with van der Waals surface area (Å²) in [4.78, 5) is 22.4. The van der Waals surface area contributed by atoms with Gasteiger partial charge in [-0.25, -0.2) is 14.4 Å². The molecule has 1 unspecified atom stereocenters. The van der Waals surface area contributed by atoms with Crippen LogP contribution in [0.3, 0.4) is 0 Å². The molecule has 0 spiro atoms. The lowest BCUT2D eigenvalue weighted by molar-refractivity contribution is -0.136. The van der Waals surface area contributed by atoms with Crippen LogP contribution in [0.5, 0.6) is 5.75 Å². The molecule has 0 radical (unpaired) electrons. The Kier molecular flexibility index (Phi) is 5.11. The first kappa shape index (κ1) is 19.8. The van der Waals surface area contributed by atoms with Crippen LogP contribution in [-0.2, 0) is 11.2 Å². The minimum Gasteiger partial charge on any atom is -0.494 e. The maximum atomic E-state index is 14.2. The normalized spacial score (nSPS) is 15.2. The quantitative estimate of drug-likeness (QED) is 0.672. The van der Waals surface area contributed by atoms with Crippen molar-refractivity contribution in [3.05, 3.63) is 65.1 Å². The summed E-state index contributed by atoms with van der Waals surface area (Å²) in [6.45, 7) is 4.81. The van der Waals surface area contributed by atoms with Gasteiger partial charge in [0.05, 0.1) is 13.5 Å². The van der Waals surface area contributed by atoms with Gasteiger partial charge in [-0.1, -0.05) is 19.1 Å². The molecule has 1 aromatic heterocycles. The molecule has 7 heteroatoms. The number of rotatable bonds is 5. The molecule has 1 N–H and O–H groups in total. The van der Waals surface area contributed by atoms with Crippen molar-refractivity contribution in [3.63, 3.8) is 0 Å². The van der Waals surface area contributed by atoms with Crippen LogP contribution in [0.15, 0.2) is 42.5 Å². The lowest BCUT2D eigenvalue weighted by Gasteiger charge is -2.20. The molecule has 4 rings (SSSR count). The number of carboxylic acid groups (broad SMARTS) is 1. The van der Waals surface area contributed by atoms with Crippen molar-refractivity contribution in [3.8, 4) is 17.1 Å². The van der Waals surface area contributed by atoms with E-state index in [1.807, 2.05) is 31.2 Å². The number of ether oxygens (including phenoxy) is 1. The zero-order valence-corrected chi connectivity index (χ0v) is 17.0. The summed E-state index contributed by atoms with van der Waals surface area (Å²) < 4.78 is 19.2. The Hall–Kier alpha value is -3.48. The fourth-order valence-electron chi connectivity index (χ4n) is 3.93. The van der Waals surface area contributed by atoms with Crippen LogP contribution >= 0.6 is 0 Å². The lowest BCUT2D eigenvalue weighted by atomic mass is 10.0. The van der Waals surface area contributed by atoms with Gasteiger partial charge in [0.15, 0.2) is 17.4 Å². The van der Waals surface area contributed by atoms with E-state index in [-0.39, 0.29) is 18.1 Å². The largest absolute Gasteiger partial charge is 0.494 e.